The zero-order valence-electron chi connectivity index (χ0n) is 11.5. The molecule has 1 heterocycles. The Morgan fingerprint density at radius 2 is 2.14 bits per heavy atom. The molecule has 116 valence electrons. The molecule has 0 saturated heterocycles. The summed E-state index contributed by atoms with van der Waals surface area (Å²) in [4.78, 5) is 23.7. The van der Waals surface area contributed by atoms with Crippen molar-refractivity contribution in [1.82, 2.24) is 9.29 Å². The number of carbonyl (C=O) groups is 1. The number of carboxylic acid groups (broad SMARTS) is 1. The number of hydrogen-bond donors (Lipinski definition) is 1. The Labute approximate surface area is 121 Å². The molecule has 1 aromatic heterocycles. The fourth-order valence-corrected chi connectivity index (χ4v) is 3.18. The van der Waals surface area contributed by atoms with Crippen LogP contribution in [0.2, 0.25) is 0 Å². The van der Waals surface area contributed by atoms with E-state index in [1.165, 1.54) is 0 Å². The molecular formula is C11H15N3O6S. The first kappa shape index (κ1) is 17.0. The van der Waals surface area contributed by atoms with Crippen LogP contribution in [0.25, 0.3) is 0 Å². The zero-order valence-corrected chi connectivity index (χ0v) is 12.3. The molecule has 9 nitrogen and oxygen atoms in total. The number of aliphatic carboxylic acids is 1. The van der Waals surface area contributed by atoms with Gasteiger partial charge in [-0.15, -0.1) is 0 Å². The molecule has 0 amide bonds. The molecule has 1 rings (SSSR count). The number of nitrogens with zero attached hydrogens (tertiary/aromatic N) is 3. The van der Waals surface area contributed by atoms with Gasteiger partial charge in [0.25, 0.3) is 0 Å². The van der Waals surface area contributed by atoms with Crippen molar-refractivity contribution in [3.05, 3.63) is 28.4 Å². The number of sulfonamides is 1. The summed E-state index contributed by atoms with van der Waals surface area (Å²) >= 11 is 0. The van der Waals surface area contributed by atoms with Crippen molar-refractivity contribution < 1.29 is 23.2 Å². The molecule has 1 N–H and O–H groups in total. The van der Waals surface area contributed by atoms with Crippen LogP contribution in [0.3, 0.4) is 0 Å². The van der Waals surface area contributed by atoms with Crippen LogP contribution in [-0.4, -0.2) is 46.3 Å². The molecule has 1 atom stereocenters. The van der Waals surface area contributed by atoms with Crippen LogP contribution in [0.1, 0.15) is 20.3 Å². The summed E-state index contributed by atoms with van der Waals surface area (Å²) < 4.78 is 25.6. The molecular weight excluding hydrogens is 302 g/mol. The highest BCUT2D eigenvalue weighted by atomic mass is 32.2. The summed E-state index contributed by atoms with van der Waals surface area (Å²) in [5.74, 6) is -1.77. The Morgan fingerprint density at radius 1 is 1.52 bits per heavy atom. The molecule has 0 aliphatic heterocycles. The molecule has 0 spiro atoms. The van der Waals surface area contributed by atoms with Crippen molar-refractivity contribution >= 4 is 21.8 Å². The van der Waals surface area contributed by atoms with Crippen LogP contribution in [-0.2, 0) is 14.8 Å². The first-order valence-electron chi connectivity index (χ1n) is 6.04. The Kier molecular flexibility index (Phi) is 5.33. The van der Waals surface area contributed by atoms with E-state index in [1.54, 1.807) is 13.8 Å². The second-order valence-corrected chi connectivity index (χ2v) is 6.20. The Hall–Kier alpha value is -2.07. The van der Waals surface area contributed by atoms with Crippen LogP contribution in [0, 0.1) is 10.1 Å². The molecule has 0 aliphatic carbocycles. The van der Waals surface area contributed by atoms with Crippen LogP contribution in [0.4, 0.5) is 5.82 Å². The summed E-state index contributed by atoms with van der Waals surface area (Å²) in [6.07, 6.45) is 1.28. The lowest BCUT2D eigenvalue weighted by atomic mass is 10.2. The van der Waals surface area contributed by atoms with Gasteiger partial charge in [-0.1, -0.05) is 6.92 Å². The summed E-state index contributed by atoms with van der Waals surface area (Å²) in [5, 5.41) is 19.3. The van der Waals surface area contributed by atoms with Gasteiger partial charge in [0.2, 0.25) is 10.0 Å². The predicted molar refractivity (Wildman–Crippen MR) is 72.2 cm³/mol. The third-order valence-electron chi connectivity index (χ3n) is 2.89. The van der Waals surface area contributed by atoms with Crippen LogP contribution in [0.5, 0.6) is 0 Å². The van der Waals surface area contributed by atoms with Crippen molar-refractivity contribution in [2.24, 2.45) is 0 Å². The van der Waals surface area contributed by atoms with Gasteiger partial charge in [0, 0.05) is 12.1 Å². The molecule has 0 saturated carbocycles. The summed E-state index contributed by atoms with van der Waals surface area (Å²) in [6.45, 7) is 2.62. The standard InChI is InChI=1S/C11H15N3O6S/c1-3-8(2)13(7-11(15)16)21(19,20)9-4-5-10(12-6-9)14(17)18/h4-6,8H,3,7H2,1-2H3,(H,15,16). The first-order valence-corrected chi connectivity index (χ1v) is 7.48. The number of hydrogen-bond acceptors (Lipinski definition) is 6. The van der Waals surface area contributed by atoms with E-state index in [1.807, 2.05) is 0 Å². The van der Waals surface area contributed by atoms with Crippen LogP contribution < -0.4 is 0 Å². The highest BCUT2D eigenvalue weighted by Gasteiger charge is 2.31. The van der Waals surface area contributed by atoms with Gasteiger partial charge < -0.3 is 15.2 Å². The number of nitro groups is 1. The van der Waals surface area contributed by atoms with E-state index in [0.29, 0.717) is 6.42 Å². The van der Waals surface area contributed by atoms with Gasteiger partial charge >= 0.3 is 11.8 Å². The second kappa shape index (κ2) is 6.59. The SMILES string of the molecule is CCC(C)N(CC(=O)O)S(=O)(=O)c1ccc([N+](=O)[O-])nc1. The molecule has 21 heavy (non-hydrogen) atoms. The van der Waals surface area contributed by atoms with Gasteiger partial charge in [0.15, 0.2) is 6.20 Å². The largest absolute Gasteiger partial charge is 0.480 e. The van der Waals surface area contributed by atoms with Crippen molar-refractivity contribution in [1.29, 1.82) is 0 Å². The van der Waals surface area contributed by atoms with E-state index in [2.05, 4.69) is 4.98 Å². The van der Waals surface area contributed by atoms with Gasteiger partial charge in [-0.05, 0) is 29.3 Å². The minimum Gasteiger partial charge on any atom is -0.480 e. The Balaban J connectivity index is 3.21. The van der Waals surface area contributed by atoms with Crippen molar-refractivity contribution in [2.75, 3.05) is 6.54 Å². The summed E-state index contributed by atoms with van der Waals surface area (Å²) in [7, 11) is -4.08. The molecule has 10 heteroatoms. The van der Waals surface area contributed by atoms with Crippen molar-refractivity contribution in [3.63, 3.8) is 0 Å². The number of rotatable bonds is 7. The predicted octanol–water partition coefficient (Wildman–Crippen LogP) is 0.864. The Bertz CT molecular complexity index is 628. The normalized spacial score (nSPS) is 13.1. The number of carboxylic acids is 1. The third kappa shape index (κ3) is 3.95. The van der Waals surface area contributed by atoms with Gasteiger partial charge in [-0.3, -0.25) is 4.79 Å². The lowest BCUT2D eigenvalue weighted by molar-refractivity contribution is -0.389. The topological polar surface area (TPSA) is 131 Å². The maximum absolute atomic E-state index is 12.4. The Morgan fingerprint density at radius 3 is 2.52 bits per heavy atom. The van der Waals surface area contributed by atoms with Gasteiger partial charge in [0.1, 0.15) is 11.4 Å². The third-order valence-corrected chi connectivity index (χ3v) is 4.83. The molecule has 1 unspecified atom stereocenters. The fraction of sp³-hybridized carbons (Fsp3) is 0.455. The summed E-state index contributed by atoms with van der Waals surface area (Å²) in [5.41, 5.74) is 0. The minimum absolute atomic E-state index is 0.283. The monoisotopic (exact) mass is 317 g/mol. The van der Waals surface area contributed by atoms with Gasteiger partial charge in [0.05, 0.1) is 0 Å². The molecule has 0 radical (unpaired) electrons. The van der Waals surface area contributed by atoms with E-state index >= 15 is 0 Å². The van der Waals surface area contributed by atoms with Gasteiger partial charge in [-0.25, -0.2) is 8.42 Å². The van der Waals surface area contributed by atoms with E-state index in [9.17, 15) is 23.3 Å². The minimum atomic E-state index is -4.08. The van der Waals surface area contributed by atoms with Gasteiger partial charge in [-0.2, -0.15) is 4.31 Å². The average Bonchev–Trinajstić information content (AvgIpc) is 2.43. The van der Waals surface area contributed by atoms with Crippen LogP contribution >= 0.6 is 0 Å². The molecule has 0 fully saturated rings. The molecule has 0 bridgehead atoms. The van der Waals surface area contributed by atoms with E-state index in [-0.39, 0.29) is 4.90 Å². The van der Waals surface area contributed by atoms with E-state index in [4.69, 9.17) is 5.11 Å². The summed E-state index contributed by atoms with van der Waals surface area (Å²) in [6, 6.07) is 1.47. The molecule has 1 aromatic rings. The average molecular weight is 317 g/mol. The number of pyridine rings is 1. The molecule has 0 aromatic carbocycles. The first-order chi connectivity index (χ1) is 9.70. The highest BCUT2D eigenvalue weighted by Crippen LogP contribution is 2.20. The second-order valence-electron chi connectivity index (χ2n) is 4.31. The lowest BCUT2D eigenvalue weighted by Crippen LogP contribution is -2.41. The maximum atomic E-state index is 12.4. The van der Waals surface area contributed by atoms with Crippen LogP contribution in [0.15, 0.2) is 23.2 Å². The highest BCUT2D eigenvalue weighted by molar-refractivity contribution is 7.89. The maximum Gasteiger partial charge on any atom is 0.363 e. The number of aromatic nitrogens is 1. The molecule has 0 aliphatic rings. The van der Waals surface area contributed by atoms with Crippen molar-refractivity contribution in [2.45, 2.75) is 31.2 Å². The van der Waals surface area contributed by atoms with E-state index < -0.39 is 39.3 Å². The van der Waals surface area contributed by atoms with E-state index in [0.717, 1.165) is 22.6 Å². The smallest absolute Gasteiger partial charge is 0.363 e. The van der Waals surface area contributed by atoms with Crippen molar-refractivity contribution in [3.8, 4) is 0 Å². The quantitative estimate of drug-likeness (QED) is 0.583. The fourth-order valence-electron chi connectivity index (χ4n) is 1.58. The lowest BCUT2D eigenvalue weighted by Gasteiger charge is -2.25. The zero-order chi connectivity index (χ0) is 16.2.